The fourth-order valence-electron chi connectivity index (χ4n) is 4.03. The van der Waals surface area contributed by atoms with Gasteiger partial charge < -0.3 is 9.15 Å². The van der Waals surface area contributed by atoms with Crippen LogP contribution in [0.5, 0.6) is 5.75 Å². The van der Waals surface area contributed by atoms with Crippen LogP contribution in [0.1, 0.15) is 52.1 Å². The van der Waals surface area contributed by atoms with Crippen LogP contribution in [0.4, 0.5) is 5.13 Å². The summed E-state index contributed by atoms with van der Waals surface area (Å²) in [5, 5.41) is 10.1. The van der Waals surface area contributed by atoms with Gasteiger partial charge in [0.2, 0.25) is 10.9 Å². The number of rotatable bonds is 5. The lowest BCUT2D eigenvalue weighted by Gasteiger charge is -2.22. The van der Waals surface area contributed by atoms with Crippen molar-refractivity contribution in [2.75, 3.05) is 11.5 Å². The number of nitrogens with zero attached hydrogens (tertiary/aromatic N) is 3. The fraction of sp³-hybridized carbons (Fsp3) is 0.250. The van der Waals surface area contributed by atoms with Crippen LogP contribution >= 0.6 is 11.3 Å². The Balaban J connectivity index is 1.78. The number of carbonyl (C=O) groups is 1. The first-order valence-corrected chi connectivity index (χ1v) is 11.3. The molecule has 32 heavy (non-hydrogen) atoms. The Hall–Kier alpha value is -3.52. The van der Waals surface area contributed by atoms with Crippen LogP contribution in [0, 0.1) is 6.92 Å². The molecule has 0 N–H and O–H groups in total. The highest BCUT2D eigenvalue weighted by molar-refractivity contribution is 7.15. The molecule has 8 heteroatoms. The summed E-state index contributed by atoms with van der Waals surface area (Å²) in [4.78, 5) is 28.7. The molecule has 0 bridgehead atoms. The van der Waals surface area contributed by atoms with E-state index in [1.807, 2.05) is 51.1 Å². The summed E-state index contributed by atoms with van der Waals surface area (Å²) in [5.41, 5.74) is 2.18. The molecule has 0 radical (unpaired) electrons. The second kappa shape index (κ2) is 7.87. The van der Waals surface area contributed by atoms with Gasteiger partial charge in [0.05, 0.1) is 23.6 Å². The highest BCUT2D eigenvalue weighted by atomic mass is 32.1. The molecule has 0 saturated carbocycles. The summed E-state index contributed by atoms with van der Waals surface area (Å²) < 4.78 is 11.7. The Bertz CT molecular complexity index is 1410. The second-order valence-corrected chi connectivity index (χ2v) is 8.63. The molecule has 0 aliphatic carbocycles. The van der Waals surface area contributed by atoms with E-state index in [0.29, 0.717) is 40.4 Å². The molecule has 0 fully saturated rings. The molecule has 0 spiro atoms. The molecule has 5 rings (SSSR count). The van der Waals surface area contributed by atoms with E-state index < -0.39 is 11.9 Å². The van der Waals surface area contributed by atoms with Crippen LogP contribution < -0.4 is 15.1 Å². The summed E-state index contributed by atoms with van der Waals surface area (Å²) in [6.45, 7) is 6.31. The van der Waals surface area contributed by atoms with E-state index in [9.17, 15) is 9.59 Å². The lowest BCUT2D eigenvalue weighted by molar-refractivity contribution is 0.0970. The zero-order valence-electron chi connectivity index (χ0n) is 17.9. The predicted molar refractivity (Wildman–Crippen MR) is 123 cm³/mol. The zero-order chi connectivity index (χ0) is 22.4. The van der Waals surface area contributed by atoms with Crippen molar-refractivity contribution >= 4 is 33.3 Å². The second-order valence-electron chi connectivity index (χ2n) is 7.59. The van der Waals surface area contributed by atoms with Crippen LogP contribution in [0.25, 0.3) is 11.0 Å². The zero-order valence-corrected chi connectivity index (χ0v) is 18.7. The third kappa shape index (κ3) is 3.18. The van der Waals surface area contributed by atoms with Gasteiger partial charge in [0, 0.05) is 0 Å². The van der Waals surface area contributed by atoms with Crippen molar-refractivity contribution in [3.63, 3.8) is 0 Å². The smallest absolute Gasteiger partial charge is 0.297 e. The number of fused-ring (bicyclic) bond motifs is 2. The van der Waals surface area contributed by atoms with Gasteiger partial charge in [0.25, 0.3) is 5.91 Å². The van der Waals surface area contributed by atoms with Gasteiger partial charge in [0.15, 0.2) is 5.43 Å². The van der Waals surface area contributed by atoms with Crippen LogP contribution in [-0.2, 0) is 6.42 Å². The van der Waals surface area contributed by atoms with Crippen molar-refractivity contribution in [2.24, 2.45) is 0 Å². The van der Waals surface area contributed by atoms with Crippen molar-refractivity contribution in [3.05, 3.63) is 80.1 Å². The Morgan fingerprint density at radius 1 is 1.12 bits per heavy atom. The third-order valence-electron chi connectivity index (χ3n) is 5.48. The molecule has 7 nitrogen and oxygen atoms in total. The summed E-state index contributed by atoms with van der Waals surface area (Å²) in [6.07, 6.45) is 0.706. The summed E-state index contributed by atoms with van der Waals surface area (Å²) in [7, 11) is 0. The van der Waals surface area contributed by atoms with Crippen molar-refractivity contribution in [1.82, 2.24) is 10.2 Å². The Kier molecular flexibility index (Phi) is 5.01. The molecule has 1 amide bonds. The van der Waals surface area contributed by atoms with E-state index in [4.69, 9.17) is 9.15 Å². The van der Waals surface area contributed by atoms with Gasteiger partial charge in [-0.2, -0.15) is 0 Å². The molecule has 2 aromatic carbocycles. The Morgan fingerprint density at radius 2 is 1.97 bits per heavy atom. The number of benzene rings is 2. The van der Waals surface area contributed by atoms with Gasteiger partial charge in [-0.3, -0.25) is 14.5 Å². The molecule has 162 valence electrons. The van der Waals surface area contributed by atoms with Crippen molar-refractivity contribution in [2.45, 2.75) is 33.2 Å². The van der Waals surface area contributed by atoms with Crippen molar-refractivity contribution < 1.29 is 13.9 Å². The summed E-state index contributed by atoms with van der Waals surface area (Å²) >= 11 is 1.34. The van der Waals surface area contributed by atoms with Gasteiger partial charge in [-0.25, -0.2) is 0 Å². The van der Waals surface area contributed by atoms with Gasteiger partial charge in [0.1, 0.15) is 16.3 Å². The van der Waals surface area contributed by atoms with Crippen LogP contribution in [0.2, 0.25) is 0 Å². The van der Waals surface area contributed by atoms with Crippen molar-refractivity contribution in [3.8, 4) is 5.75 Å². The molecule has 4 aromatic rings. The number of hydrogen-bond acceptors (Lipinski definition) is 7. The first kappa shape index (κ1) is 20.4. The highest BCUT2D eigenvalue weighted by Gasteiger charge is 2.45. The summed E-state index contributed by atoms with van der Waals surface area (Å²) in [6, 6.07) is 12.1. The van der Waals surface area contributed by atoms with E-state index in [1.165, 1.54) is 16.2 Å². The van der Waals surface area contributed by atoms with E-state index in [1.54, 1.807) is 12.1 Å². The topological polar surface area (TPSA) is 85.5 Å². The molecule has 0 saturated heterocycles. The number of carbonyl (C=O) groups excluding carboxylic acids is 1. The highest BCUT2D eigenvalue weighted by Crippen LogP contribution is 2.42. The number of ether oxygens (including phenoxy) is 1. The van der Waals surface area contributed by atoms with E-state index in [-0.39, 0.29) is 11.2 Å². The van der Waals surface area contributed by atoms with E-state index in [2.05, 4.69) is 10.2 Å². The molecular weight excluding hydrogens is 426 g/mol. The SMILES string of the molecule is CCOc1cccc([C@H]2c3c(oc4ccc(C)cc4c3=O)C(=O)N2c2nnc(CC)s2)c1. The van der Waals surface area contributed by atoms with Gasteiger partial charge in [-0.15, -0.1) is 10.2 Å². The first-order chi connectivity index (χ1) is 15.5. The van der Waals surface area contributed by atoms with Crippen LogP contribution in [0.15, 0.2) is 51.7 Å². The number of aryl methyl sites for hydroxylation is 2. The van der Waals surface area contributed by atoms with Gasteiger partial charge >= 0.3 is 0 Å². The minimum absolute atomic E-state index is 0.0476. The molecule has 1 atom stereocenters. The van der Waals surface area contributed by atoms with E-state index >= 15 is 0 Å². The first-order valence-electron chi connectivity index (χ1n) is 10.5. The Labute approximate surface area is 188 Å². The fourth-order valence-corrected chi connectivity index (χ4v) is 4.83. The molecule has 3 heterocycles. The normalized spacial score (nSPS) is 15.4. The minimum Gasteiger partial charge on any atom is -0.494 e. The quantitative estimate of drug-likeness (QED) is 0.442. The molecule has 1 aliphatic rings. The molecule has 2 aromatic heterocycles. The average molecular weight is 448 g/mol. The predicted octanol–water partition coefficient (Wildman–Crippen LogP) is 4.66. The monoisotopic (exact) mass is 447 g/mol. The largest absolute Gasteiger partial charge is 0.494 e. The Morgan fingerprint density at radius 3 is 2.72 bits per heavy atom. The average Bonchev–Trinajstić information content (AvgIpc) is 3.37. The number of hydrogen-bond donors (Lipinski definition) is 0. The van der Waals surface area contributed by atoms with E-state index in [0.717, 1.165) is 16.1 Å². The van der Waals surface area contributed by atoms with Crippen LogP contribution in [0.3, 0.4) is 0 Å². The maximum Gasteiger partial charge on any atom is 0.297 e. The third-order valence-corrected chi connectivity index (χ3v) is 6.54. The maximum absolute atomic E-state index is 13.6. The van der Waals surface area contributed by atoms with Crippen molar-refractivity contribution in [1.29, 1.82) is 0 Å². The lowest BCUT2D eigenvalue weighted by Crippen LogP contribution is -2.29. The van der Waals surface area contributed by atoms with Gasteiger partial charge in [-0.1, -0.05) is 42.0 Å². The molecular formula is C24H21N3O4S. The summed E-state index contributed by atoms with van der Waals surface area (Å²) in [5.74, 6) is 0.315. The minimum atomic E-state index is -0.684. The number of anilines is 1. The lowest BCUT2D eigenvalue weighted by atomic mass is 9.98. The standard InChI is InChI=1S/C24H21N3O4S/c1-4-18-25-26-24(32-18)27-20(14-7-6-8-15(12-14)30-5-2)19-21(28)16-11-13(3)9-10-17(16)31-22(19)23(27)29/h6-12,20H,4-5H2,1-3H3/t20-/m0/s1. The number of amides is 1. The van der Waals surface area contributed by atoms with Crippen LogP contribution in [-0.4, -0.2) is 22.7 Å². The molecule has 0 unspecified atom stereocenters. The van der Waals surface area contributed by atoms with Gasteiger partial charge in [-0.05, 0) is 50.1 Å². The maximum atomic E-state index is 13.6. The molecule has 1 aliphatic heterocycles. The number of aromatic nitrogens is 2.